The average Bonchev–Trinajstić information content (AvgIpc) is 2.44. The molecule has 1 atom stereocenters. The van der Waals surface area contributed by atoms with Crippen LogP contribution >= 0.6 is 23.2 Å². The Labute approximate surface area is 129 Å². The van der Waals surface area contributed by atoms with Gasteiger partial charge in [-0.25, -0.2) is 0 Å². The molecule has 1 aliphatic heterocycles. The molecule has 0 aromatic heterocycles. The molecule has 2 rings (SSSR count). The van der Waals surface area contributed by atoms with Crippen LogP contribution in [0.4, 0.5) is 0 Å². The van der Waals surface area contributed by atoms with Gasteiger partial charge in [-0.05, 0) is 24.6 Å². The molecule has 1 aromatic rings. The number of benzene rings is 1. The fourth-order valence-electron chi connectivity index (χ4n) is 2.65. The molecule has 3 nitrogen and oxygen atoms in total. The Bertz CT molecular complexity index is 439. The summed E-state index contributed by atoms with van der Waals surface area (Å²) in [6.45, 7) is 3.78. The van der Waals surface area contributed by atoms with E-state index in [2.05, 4.69) is 0 Å². The monoisotopic (exact) mass is 318 g/mol. The van der Waals surface area contributed by atoms with Crippen molar-refractivity contribution < 1.29 is 14.6 Å². The van der Waals surface area contributed by atoms with Crippen LogP contribution in [0.5, 0.6) is 0 Å². The minimum absolute atomic E-state index is 0.497. The van der Waals surface area contributed by atoms with Gasteiger partial charge in [0.2, 0.25) is 0 Å². The maximum absolute atomic E-state index is 10.6. The molecule has 0 saturated carbocycles. The summed E-state index contributed by atoms with van der Waals surface area (Å²) in [5, 5.41) is 11.6. The average molecular weight is 319 g/mol. The predicted molar refractivity (Wildman–Crippen MR) is 80.6 cm³/mol. The number of rotatable bonds is 5. The van der Waals surface area contributed by atoms with Gasteiger partial charge in [-0.3, -0.25) is 0 Å². The molecule has 1 unspecified atom stereocenters. The van der Waals surface area contributed by atoms with Crippen LogP contribution in [0.2, 0.25) is 10.0 Å². The summed E-state index contributed by atoms with van der Waals surface area (Å²) in [6.07, 6.45) is 1.34. The Morgan fingerprint density at radius 1 is 1.30 bits per heavy atom. The third kappa shape index (κ3) is 3.66. The van der Waals surface area contributed by atoms with Crippen LogP contribution in [0.1, 0.15) is 25.3 Å². The highest BCUT2D eigenvalue weighted by atomic mass is 35.5. The van der Waals surface area contributed by atoms with E-state index < -0.39 is 11.7 Å². The molecule has 1 saturated heterocycles. The summed E-state index contributed by atoms with van der Waals surface area (Å²) in [4.78, 5) is 0. The number of aliphatic hydroxyl groups is 1. The normalized spacial score (nSPS) is 19.8. The van der Waals surface area contributed by atoms with E-state index in [0.29, 0.717) is 49.1 Å². The summed E-state index contributed by atoms with van der Waals surface area (Å²) >= 11 is 11.9. The van der Waals surface area contributed by atoms with Crippen molar-refractivity contribution in [3.8, 4) is 0 Å². The number of halogens is 2. The third-order valence-corrected chi connectivity index (χ3v) is 4.53. The molecule has 112 valence electrons. The van der Waals surface area contributed by atoms with E-state index in [9.17, 15) is 5.11 Å². The van der Waals surface area contributed by atoms with Crippen molar-refractivity contribution in [2.24, 2.45) is 0 Å². The van der Waals surface area contributed by atoms with E-state index in [1.165, 1.54) is 0 Å². The van der Waals surface area contributed by atoms with Gasteiger partial charge >= 0.3 is 0 Å². The van der Waals surface area contributed by atoms with Crippen molar-refractivity contribution >= 4 is 23.2 Å². The molecular weight excluding hydrogens is 299 g/mol. The van der Waals surface area contributed by atoms with Crippen molar-refractivity contribution in [3.05, 3.63) is 33.8 Å². The first kappa shape index (κ1) is 16.1. The van der Waals surface area contributed by atoms with Crippen LogP contribution in [0.15, 0.2) is 18.2 Å². The van der Waals surface area contributed by atoms with Crippen LogP contribution in [0.3, 0.4) is 0 Å². The Morgan fingerprint density at radius 3 is 2.60 bits per heavy atom. The van der Waals surface area contributed by atoms with E-state index in [0.717, 1.165) is 5.56 Å². The first-order valence-electron chi connectivity index (χ1n) is 6.91. The quantitative estimate of drug-likeness (QED) is 0.903. The standard InChI is InChI=1S/C15H20Cl2O3/c1-2-20-15(5-7-19-8-6-15)14(18)10-11-3-4-12(16)13(17)9-11/h3-4,9,14,18H,2,5-8,10H2,1H3. The zero-order chi connectivity index (χ0) is 14.6. The molecule has 20 heavy (non-hydrogen) atoms. The Balaban J connectivity index is 2.11. The molecule has 1 aromatic carbocycles. The highest BCUT2D eigenvalue weighted by molar-refractivity contribution is 6.42. The zero-order valence-electron chi connectivity index (χ0n) is 11.6. The molecule has 0 spiro atoms. The van der Waals surface area contributed by atoms with Crippen molar-refractivity contribution in [3.63, 3.8) is 0 Å². The summed E-state index contributed by atoms with van der Waals surface area (Å²) < 4.78 is 11.2. The fourth-order valence-corrected chi connectivity index (χ4v) is 2.97. The highest BCUT2D eigenvalue weighted by Gasteiger charge is 2.40. The minimum Gasteiger partial charge on any atom is -0.390 e. The van der Waals surface area contributed by atoms with Gasteiger partial charge in [-0.15, -0.1) is 0 Å². The number of hydrogen-bond acceptors (Lipinski definition) is 3. The smallest absolute Gasteiger partial charge is 0.0987 e. The van der Waals surface area contributed by atoms with Crippen LogP contribution in [0, 0.1) is 0 Å². The van der Waals surface area contributed by atoms with Crippen molar-refractivity contribution in [2.45, 2.75) is 37.9 Å². The lowest BCUT2D eigenvalue weighted by Gasteiger charge is -2.40. The molecular formula is C15H20Cl2O3. The summed E-state index contributed by atoms with van der Waals surface area (Å²) in [5.41, 5.74) is 0.441. The molecule has 1 N–H and O–H groups in total. The predicted octanol–water partition coefficient (Wildman–Crippen LogP) is 3.48. The largest absolute Gasteiger partial charge is 0.390 e. The maximum atomic E-state index is 10.6. The molecule has 0 bridgehead atoms. The second-order valence-corrected chi connectivity index (χ2v) is 5.89. The van der Waals surface area contributed by atoms with Gasteiger partial charge in [0.25, 0.3) is 0 Å². The van der Waals surface area contributed by atoms with Crippen LogP contribution in [0.25, 0.3) is 0 Å². The highest BCUT2D eigenvalue weighted by Crippen LogP contribution is 2.32. The van der Waals surface area contributed by atoms with E-state index in [1.54, 1.807) is 12.1 Å². The first-order chi connectivity index (χ1) is 9.57. The number of aliphatic hydroxyl groups excluding tert-OH is 1. The summed E-state index contributed by atoms with van der Waals surface area (Å²) in [7, 11) is 0. The van der Waals surface area contributed by atoms with Gasteiger partial charge in [-0.1, -0.05) is 29.3 Å². The molecule has 5 heteroatoms. The lowest BCUT2D eigenvalue weighted by Crippen LogP contribution is -2.50. The molecule has 1 heterocycles. The SMILES string of the molecule is CCOC1(C(O)Cc2ccc(Cl)c(Cl)c2)CCOCC1. The third-order valence-electron chi connectivity index (χ3n) is 3.79. The van der Waals surface area contributed by atoms with E-state index in [4.69, 9.17) is 32.7 Å². The van der Waals surface area contributed by atoms with Crippen LogP contribution < -0.4 is 0 Å². The van der Waals surface area contributed by atoms with Crippen LogP contribution in [-0.4, -0.2) is 36.6 Å². The summed E-state index contributed by atoms with van der Waals surface area (Å²) in [6, 6.07) is 5.44. The topological polar surface area (TPSA) is 38.7 Å². The van der Waals surface area contributed by atoms with Gasteiger partial charge in [0, 0.05) is 39.1 Å². The second-order valence-electron chi connectivity index (χ2n) is 5.08. The van der Waals surface area contributed by atoms with Crippen molar-refractivity contribution in [1.29, 1.82) is 0 Å². The lowest BCUT2D eigenvalue weighted by atomic mass is 9.84. The second kappa shape index (κ2) is 7.10. The minimum atomic E-state index is -0.580. The van der Waals surface area contributed by atoms with Crippen molar-refractivity contribution in [2.75, 3.05) is 19.8 Å². The van der Waals surface area contributed by atoms with Gasteiger partial charge in [0.15, 0.2) is 0 Å². The Hall–Kier alpha value is -0.320. The van der Waals surface area contributed by atoms with Gasteiger partial charge in [-0.2, -0.15) is 0 Å². The number of hydrogen-bond donors (Lipinski definition) is 1. The molecule has 1 aliphatic rings. The fraction of sp³-hybridized carbons (Fsp3) is 0.600. The molecule has 0 aliphatic carbocycles. The lowest BCUT2D eigenvalue weighted by molar-refractivity contribution is -0.165. The molecule has 1 fully saturated rings. The number of ether oxygens (including phenoxy) is 2. The van der Waals surface area contributed by atoms with E-state index in [-0.39, 0.29) is 0 Å². The van der Waals surface area contributed by atoms with Crippen molar-refractivity contribution in [1.82, 2.24) is 0 Å². The van der Waals surface area contributed by atoms with E-state index in [1.807, 2.05) is 13.0 Å². The maximum Gasteiger partial charge on any atom is 0.0987 e. The molecule has 0 amide bonds. The zero-order valence-corrected chi connectivity index (χ0v) is 13.1. The van der Waals surface area contributed by atoms with Crippen LogP contribution in [-0.2, 0) is 15.9 Å². The Morgan fingerprint density at radius 2 is 2.00 bits per heavy atom. The molecule has 0 radical (unpaired) electrons. The van der Waals surface area contributed by atoms with Gasteiger partial charge < -0.3 is 14.6 Å². The Kier molecular flexibility index (Phi) is 5.70. The summed E-state index contributed by atoms with van der Waals surface area (Å²) in [5.74, 6) is 0. The van der Waals surface area contributed by atoms with Gasteiger partial charge in [0.1, 0.15) is 0 Å². The van der Waals surface area contributed by atoms with E-state index >= 15 is 0 Å². The van der Waals surface area contributed by atoms with Gasteiger partial charge in [0.05, 0.1) is 21.8 Å². The first-order valence-corrected chi connectivity index (χ1v) is 7.66.